The van der Waals surface area contributed by atoms with Crippen LogP contribution in [-0.4, -0.2) is 13.1 Å². The molecule has 0 saturated carbocycles. The topological polar surface area (TPSA) is 35.5 Å². The van der Waals surface area contributed by atoms with Crippen molar-refractivity contribution in [1.29, 1.82) is 0 Å². The second-order valence-electron chi connectivity index (χ2n) is 8.28. The van der Waals surface area contributed by atoms with Crippen molar-refractivity contribution in [2.24, 2.45) is 5.92 Å². The van der Waals surface area contributed by atoms with Crippen LogP contribution in [0.5, 0.6) is 11.5 Å². The highest BCUT2D eigenvalue weighted by atomic mass is 16.5. The molecule has 0 bridgehead atoms. The number of hydrogen-bond donors (Lipinski definition) is 0. The van der Waals surface area contributed by atoms with Gasteiger partial charge >= 0.3 is 5.97 Å². The Kier molecular flexibility index (Phi) is 6.04. The third-order valence-corrected chi connectivity index (χ3v) is 5.24. The van der Waals surface area contributed by atoms with Gasteiger partial charge in [0.1, 0.15) is 11.5 Å². The van der Waals surface area contributed by atoms with E-state index < -0.39 is 0 Å². The third-order valence-electron chi connectivity index (χ3n) is 5.24. The van der Waals surface area contributed by atoms with E-state index in [9.17, 15) is 4.79 Å². The molecule has 0 aromatic heterocycles. The molecule has 0 heterocycles. The summed E-state index contributed by atoms with van der Waals surface area (Å²) in [4.78, 5) is 12.0. The van der Waals surface area contributed by atoms with Gasteiger partial charge in [-0.1, -0.05) is 52.0 Å². The lowest BCUT2D eigenvalue weighted by atomic mass is 9.76. The summed E-state index contributed by atoms with van der Waals surface area (Å²) < 4.78 is 11.1. The van der Waals surface area contributed by atoms with Gasteiger partial charge in [0.05, 0.1) is 13.0 Å². The molecule has 146 valence electrons. The molecule has 2 rings (SSSR count). The van der Waals surface area contributed by atoms with Gasteiger partial charge in [0.15, 0.2) is 0 Å². The zero-order valence-electron chi connectivity index (χ0n) is 18.1. The molecule has 0 spiro atoms. The summed E-state index contributed by atoms with van der Waals surface area (Å²) in [6.07, 6.45) is 0. The van der Waals surface area contributed by atoms with Crippen molar-refractivity contribution < 1.29 is 14.3 Å². The Morgan fingerprint density at radius 2 is 1.19 bits per heavy atom. The normalized spacial score (nSPS) is 11.6. The first-order valence-electron chi connectivity index (χ1n) is 9.48. The number of esters is 1. The maximum Gasteiger partial charge on any atom is 0.313 e. The maximum absolute atomic E-state index is 12.0. The number of benzene rings is 2. The summed E-state index contributed by atoms with van der Waals surface area (Å²) >= 11 is 0. The fourth-order valence-electron chi connectivity index (χ4n) is 3.49. The predicted octanol–water partition coefficient (Wildman–Crippen LogP) is 5.82. The third kappa shape index (κ3) is 4.18. The Morgan fingerprint density at radius 3 is 1.52 bits per heavy atom. The molecule has 0 N–H and O–H groups in total. The number of rotatable bonds is 5. The van der Waals surface area contributed by atoms with Crippen LogP contribution in [0.15, 0.2) is 24.3 Å². The quantitative estimate of drug-likeness (QED) is 0.493. The van der Waals surface area contributed by atoms with Gasteiger partial charge < -0.3 is 9.47 Å². The first-order valence-corrected chi connectivity index (χ1v) is 9.48. The van der Waals surface area contributed by atoms with Crippen LogP contribution in [0.4, 0.5) is 0 Å². The number of hydrogen-bond acceptors (Lipinski definition) is 3. The Bertz CT molecular complexity index is 814. The van der Waals surface area contributed by atoms with Gasteiger partial charge in [0, 0.05) is 5.41 Å². The van der Waals surface area contributed by atoms with Crippen LogP contribution in [0.2, 0.25) is 0 Å². The molecule has 0 aliphatic carbocycles. The Hall–Kier alpha value is -2.29. The van der Waals surface area contributed by atoms with E-state index in [-0.39, 0.29) is 17.3 Å². The number of aryl methyl sites for hydroxylation is 4. The molecule has 0 radical (unpaired) electrons. The average molecular weight is 369 g/mol. The maximum atomic E-state index is 12.0. The summed E-state index contributed by atoms with van der Waals surface area (Å²) in [6.45, 7) is 16.3. The average Bonchev–Trinajstić information content (AvgIpc) is 2.57. The Balaban J connectivity index is 2.49. The summed E-state index contributed by atoms with van der Waals surface area (Å²) in [7, 11) is 1.71. The second kappa shape index (κ2) is 7.75. The highest BCUT2D eigenvalue weighted by Crippen LogP contribution is 2.38. The van der Waals surface area contributed by atoms with Crippen molar-refractivity contribution in [2.45, 2.75) is 60.8 Å². The van der Waals surface area contributed by atoms with Crippen molar-refractivity contribution in [3.05, 3.63) is 57.6 Å². The van der Waals surface area contributed by atoms with E-state index >= 15 is 0 Å². The van der Waals surface area contributed by atoms with Crippen molar-refractivity contribution in [2.75, 3.05) is 7.11 Å². The number of methoxy groups -OCH3 is 1. The van der Waals surface area contributed by atoms with Crippen molar-refractivity contribution in [3.63, 3.8) is 0 Å². The highest BCUT2D eigenvalue weighted by Gasteiger charge is 2.26. The van der Waals surface area contributed by atoms with Gasteiger partial charge in [-0.2, -0.15) is 0 Å². The van der Waals surface area contributed by atoms with Crippen molar-refractivity contribution in [1.82, 2.24) is 0 Å². The summed E-state index contributed by atoms with van der Waals surface area (Å²) in [6, 6.07) is 8.65. The van der Waals surface area contributed by atoms with Gasteiger partial charge in [0.25, 0.3) is 0 Å². The summed E-state index contributed by atoms with van der Waals surface area (Å²) in [5.74, 6) is 1.27. The monoisotopic (exact) mass is 368 g/mol. The molecule has 0 amide bonds. The molecular weight excluding hydrogens is 336 g/mol. The fourth-order valence-corrected chi connectivity index (χ4v) is 3.49. The lowest BCUT2D eigenvalue weighted by molar-refractivity contribution is -0.137. The van der Waals surface area contributed by atoms with Crippen LogP contribution >= 0.6 is 0 Å². The van der Waals surface area contributed by atoms with E-state index in [2.05, 4.69) is 52.0 Å². The molecule has 0 aliphatic heterocycles. The smallest absolute Gasteiger partial charge is 0.313 e. The number of carbonyl (C=O) groups is 1. The molecule has 0 fully saturated rings. The summed E-state index contributed by atoms with van der Waals surface area (Å²) in [5, 5.41) is 0. The van der Waals surface area contributed by atoms with Crippen LogP contribution in [0.1, 0.15) is 61.1 Å². The minimum Gasteiger partial charge on any atom is -0.496 e. The highest BCUT2D eigenvalue weighted by molar-refractivity contribution is 5.75. The van der Waals surface area contributed by atoms with E-state index in [0.717, 1.165) is 28.0 Å². The van der Waals surface area contributed by atoms with Gasteiger partial charge in [-0.15, -0.1) is 0 Å². The fraction of sp³-hybridized carbons (Fsp3) is 0.458. The Morgan fingerprint density at radius 1 is 0.815 bits per heavy atom. The standard InChI is InChI=1S/C24H32O3/c1-14(2)23(25)27-22-17(5)12-20(13-18(22)6)24(7,8)19-10-15(3)21(26-9)16(4)11-19/h10-14H,1-9H3. The zero-order valence-corrected chi connectivity index (χ0v) is 18.1. The predicted molar refractivity (Wildman–Crippen MR) is 111 cm³/mol. The molecule has 0 unspecified atom stereocenters. The van der Waals surface area contributed by atoms with Crippen LogP contribution in [0, 0.1) is 33.6 Å². The number of ether oxygens (including phenoxy) is 2. The molecular formula is C24H32O3. The van der Waals surface area contributed by atoms with Gasteiger partial charge in [-0.25, -0.2) is 0 Å². The van der Waals surface area contributed by atoms with Gasteiger partial charge in [-0.3, -0.25) is 4.79 Å². The van der Waals surface area contributed by atoms with Crippen LogP contribution in [0.3, 0.4) is 0 Å². The lowest BCUT2D eigenvalue weighted by Gasteiger charge is -2.29. The second-order valence-corrected chi connectivity index (χ2v) is 8.28. The molecule has 27 heavy (non-hydrogen) atoms. The zero-order chi connectivity index (χ0) is 20.5. The van der Waals surface area contributed by atoms with Crippen LogP contribution in [0.25, 0.3) is 0 Å². The largest absolute Gasteiger partial charge is 0.496 e. The minimum absolute atomic E-state index is 0.148. The van der Waals surface area contributed by atoms with E-state index in [4.69, 9.17) is 9.47 Å². The summed E-state index contributed by atoms with van der Waals surface area (Å²) in [5.41, 5.74) is 6.49. The van der Waals surface area contributed by atoms with E-state index in [1.807, 2.05) is 27.7 Å². The van der Waals surface area contributed by atoms with E-state index in [0.29, 0.717) is 5.75 Å². The van der Waals surface area contributed by atoms with Crippen molar-refractivity contribution in [3.8, 4) is 11.5 Å². The molecule has 2 aromatic rings. The van der Waals surface area contributed by atoms with Gasteiger partial charge in [-0.05, 0) is 61.1 Å². The van der Waals surface area contributed by atoms with Crippen molar-refractivity contribution >= 4 is 5.97 Å². The molecule has 3 nitrogen and oxygen atoms in total. The number of carbonyl (C=O) groups excluding carboxylic acids is 1. The lowest BCUT2D eigenvalue weighted by Crippen LogP contribution is -2.21. The van der Waals surface area contributed by atoms with E-state index in [1.165, 1.54) is 11.1 Å². The molecule has 0 saturated heterocycles. The minimum atomic E-state index is -0.199. The Labute approximate surface area is 163 Å². The van der Waals surface area contributed by atoms with Crippen LogP contribution < -0.4 is 9.47 Å². The molecule has 0 atom stereocenters. The SMILES string of the molecule is COc1c(C)cc(C(C)(C)c2cc(C)c(OC(=O)C(C)C)c(C)c2)cc1C. The van der Waals surface area contributed by atoms with Gasteiger partial charge in [0.2, 0.25) is 0 Å². The first-order chi connectivity index (χ1) is 12.5. The van der Waals surface area contributed by atoms with E-state index in [1.54, 1.807) is 7.11 Å². The first kappa shape index (κ1) is 21.0. The molecule has 3 heteroatoms. The molecule has 2 aromatic carbocycles. The van der Waals surface area contributed by atoms with Crippen LogP contribution in [-0.2, 0) is 10.2 Å². The molecule has 0 aliphatic rings.